The van der Waals surface area contributed by atoms with Crippen molar-refractivity contribution in [3.05, 3.63) is 35.6 Å². The van der Waals surface area contributed by atoms with Crippen molar-refractivity contribution in [3.63, 3.8) is 0 Å². The van der Waals surface area contributed by atoms with Crippen LogP contribution in [0.25, 0.3) is 11.0 Å². The van der Waals surface area contributed by atoms with Crippen molar-refractivity contribution < 1.29 is 14.3 Å². The van der Waals surface area contributed by atoms with E-state index >= 15 is 0 Å². The van der Waals surface area contributed by atoms with Crippen molar-refractivity contribution in [1.29, 1.82) is 0 Å². The summed E-state index contributed by atoms with van der Waals surface area (Å²) in [5, 5.41) is 10.7. The molecular weight excluding hydrogens is 240 g/mol. The lowest BCUT2D eigenvalue weighted by Crippen LogP contribution is -2.37. The quantitative estimate of drug-likeness (QED) is 0.884. The zero-order valence-corrected chi connectivity index (χ0v) is 11.1. The number of benzene rings is 1. The monoisotopic (exact) mass is 258 g/mol. The van der Waals surface area contributed by atoms with Gasteiger partial charge in [-0.25, -0.2) is 0 Å². The third-order valence-corrected chi connectivity index (χ3v) is 4.31. The zero-order chi connectivity index (χ0) is 13.5. The van der Waals surface area contributed by atoms with Crippen LogP contribution in [0.2, 0.25) is 0 Å². The molecule has 0 radical (unpaired) electrons. The normalized spacial score (nSPS) is 18.6. The van der Waals surface area contributed by atoms with E-state index in [-0.39, 0.29) is 0 Å². The average Bonchev–Trinajstić information content (AvgIpc) is 2.78. The SMILES string of the molecule is Cc1cc2cc(C3(C(=O)O)CCCCC3)ccc2o1. The van der Waals surface area contributed by atoms with Gasteiger partial charge in [0.15, 0.2) is 0 Å². The number of furan rings is 1. The fourth-order valence-electron chi connectivity index (χ4n) is 3.26. The van der Waals surface area contributed by atoms with E-state index in [0.29, 0.717) is 0 Å². The van der Waals surface area contributed by atoms with Gasteiger partial charge < -0.3 is 9.52 Å². The molecule has 100 valence electrons. The summed E-state index contributed by atoms with van der Waals surface area (Å²) >= 11 is 0. The van der Waals surface area contributed by atoms with Crippen molar-refractivity contribution in [2.75, 3.05) is 0 Å². The molecule has 1 aliphatic rings. The summed E-state index contributed by atoms with van der Waals surface area (Å²) in [7, 11) is 0. The summed E-state index contributed by atoms with van der Waals surface area (Å²) in [5.41, 5.74) is 1.06. The molecule has 0 amide bonds. The van der Waals surface area contributed by atoms with Crippen molar-refractivity contribution in [1.82, 2.24) is 0 Å². The van der Waals surface area contributed by atoms with Crippen LogP contribution in [0, 0.1) is 6.92 Å². The Kier molecular flexibility index (Phi) is 2.85. The highest BCUT2D eigenvalue weighted by Crippen LogP contribution is 2.40. The van der Waals surface area contributed by atoms with Gasteiger partial charge in [0.05, 0.1) is 5.41 Å². The molecular formula is C16H18O3. The Labute approximate surface area is 112 Å². The minimum absolute atomic E-state index is 0.688. The Morgan fingerprint density at radius 3 is 2.63 bits per heavy atom. The van der Waals surface area contributed by atoms with Crippen molar-refractivity contribution in [2.24, 2.45) is 0 Å². The van der Waals surface area contributed by atoms with Gasteiger partial charge in [-0.1, -0.05) is 25.3 Å². The minimum Gasteiger partial charge on any atom is -0.481 e. The second kappa shape index (κ2) is 4.41. The second-order valence-corrected chi connectivity index (χ2v) is 5.56. The number of carboxylic acid groups (broad SMARTS) is 1. The van der Waals surface area contributed by atoms with Crippen LogP contribution in [-0.2, 0) is 10.2 Å². The van der Waals surface area contributed by atoms with Crippen LogP contribution in [0.3, 0.4) is 0 Å². The van der Waals surface area contributed by atoms with E-state index in [4.69, 9.17) is 4.42 Å². The summed E-state index contributed by atoms with van der Waals surface area (Å²) < 4.78 is 5.56. The van der Waals surface area contributed by atoms with E-state index in [0.717, 1.165) is 54.4 Å². The number of aliphatic carboxylic acids is 1. The van der Waals surface area contributed by atoms with E-state index in [9.17, 15) is 9.90 Å². The van der Waals surface area contributed by atoms with Crippen molar-refractivity contribution >= 4 is 16.9 Å². The van der Waals surface area contributed by atoms with Crippen LogP contribution in [0.15, 0.2) is 28.7 Å². The molecule has 19 heavy (non-hydrogen) atoms. The molecule has 1 aromatic carbocycles. The Hall–Kier alpha value is -1.77. The number of fused-ring (bicyclic) bond motifs is 1. The molecule has 1 aromatic heterocycles. The standard InChI is InChI=1S/C16H18O3/c1-11-9-12-10-13(5-6-14(12)19-11)16(15(17)18)7-3-2-4-8-16/h5-6,9-10H,2-4,7-8H2,1H3,(H,17,18). The fourth-order valence-corrected chi connectivity index (χ4v) is 3.26. The summed E-state index contributed by atoms with van der Waals surface area (Å²) in [6.07, 6.45) is 4.61. The van der Waals surface area contributed by atoms with Crippen molar-refractivity contribution in [2.45, 2.75) is 44.4 Å². The highest BCUT2D eigenvalue weighted by Gasteiger charge is 2.41. The van der Waals surface area contributed by atoms with E-state index in [2.05, 4.69) is 0 Å². The van der Waals surface area contributed by atoms with Crippen LogP contribution in [0.4, 0.5) is 0 Å². The molecule has 3 heteroatoms. The van der Waals surface area contributed by atoms with E-state index in [1.807, 2.05) is 31.2 Å². The lowest BCUT2D eigenvalue weighted by Gasteiger charge is -2.33. The number of hydrogen-bond donors (Lipinski definition) is 1. The molecule has 1 N–H and O–H groups in total. The number of carbonyl (C=O) groups is 1. The molecule has 1 fully saturated rings. The summed E-state index contributed by atoms with van der Waals surface area (Å²) in [4.78, 5) is 11.8. The summed E-state index contributed by atoms with van der Waals surface area (Å²) in [6.45, 7) is 1.91. The largest absolute Gasteiger partial charge is 0.481 e. The number of hydrogen-bond acceptors (Lipinski definition) is 2. The highest BCUT2D eigenvalue weighted by molar-refractivity contribution is 5.85. The highest BCUT2D eigenvalue weighted by atomic mass is 16.4. The van der Waals surface area contributed by atoms with Gasteiger partial charge in [0.1, 0.15) is 11.3 Å². The molecule has 0 spiro atoms. The number of rotatable bonds is 2. The molecule has 1 saturated carbocycles. The molecule has 0 bridgehead atoms. The van der Waals surface area contributed by atoms with Gasteiger partial charge in [0.25, 0.3) is 0 Å². The molecule has 2 aromatic rings. The first-order valence-corrected chi connectivity index (χ1v) is 6.86. The molecule has 0 atom stereocenters. The molecule has 1 heterocycles. The van der Waals surface area contributed by atoms with Crippen LogP contribution in [0.1, 0.15) is 43.4 Å². The third-order valence-electron chi connectivity index (χ3n) is 4.31. The maximum absolute atomic E-state index is 11.8. The van der Waals surface area contributed by atoms with Crippen LogP contribution < -0.4 is 0 Å². The molecule has 0 saturated heterocycles. The number of aryl methyl sites for hydroxylation is 1. The predicted molar refractivity (Wildman–Crippen MR) is 73.3 cm³/mol. The molecule has 1 aliphatic carbocycles. The molecule has 0 unspecified atom stereocenters. The fraction of sp³-hybridized carbons (Fsp3) is 0.438. The Morgan fingerprint density at radius 2 is 1.95 bits per heavy atom. The predicted octanol–water partition coefficient (Wildman–Crippen LogP) is 4.03. The maximum atomic E-state index is 11.8. The third kappa shape index (κ3) is 1.93. The number of carboxylic acids is 1. The summed E-state index contributed by atoms with van der Waals surface area (Å²) in [6, 6.07) is 7.78. The first-order valence-electron chi connectivity index (χ1n) is 6.86. The molecule has 3 nitrogen and oxygen atoms in total. The maximum Gasteiger partial charge on any atom is 0.314 e. The lowest BCUT2D eigenvalue weighted by atomic mass is 9.69. The van der Waals surface area contributed by atoms with Gasteiger partial charge in [0.2, 0.25) is 0 Å². The van der Waals surface area contributed by atoms with E-state index in [1.165, 1.54) is 0 Å². The zero-order valence-electron chi connectivity index (χ0n) is 11.1. The topological polar surface area (TPSA) is 50.4 Å². The van der Waals surface area contributed by atoms with Crippen molar-refractivity contribution in [3.8, 4) is 0 Å². The minimum atomic E-state index is -0.697. The second-order valence-electron chi connectivity index (χ2n) is 5.56. The van der Waals surface area contributed by atoms with Gasteiger partial charge in [-0.15, -0.1) is 0 Å². The van der Waals surface area contributed by atoms with Gasteiger partial charge in [-0.05, 0) is 43.5 Å². The molecule has 0 aliphatic heterocycles. The first kappa shape index (κ1) is 12.3. The average molecular weight is 258 g/mol. The van der Waals surface area contributed by atoms with Gasteiger partial charge in [-0.3, -0.25) is 4.79 Å². The van der Waals surface area contributed by atoms with E-state index < -0.39 is 11.4 Å². The van der Waals surface area contributed by atoms with Crippen LogP contribution in [-0.4, -0.2) is 11.1 Å². The Morgan fingerprint density at radius 1 is 1.21 bits per heavy atom. The van der Waals surface area contributed by atoms with Crippen LogP contribution >= 0.6 is 0 Å². The molecule has 3 rings (SSSR count). The Balaban J connectivity index is 2.11. The van der Waals surface area contributed by atoms with Crippen LogP contribution in [0.5, 0.6) is 0 Å². The van der Waals surface area contributed by atoms with Gasteiger partial charge in [-0.2, -0.15) is 0 Å². The van der Waals surface area contributed by atoms with Gasteiger partial charge in [0, 0.05) is 5.39 Å². The van der Waals surface area contributed by atoms with Gasteiger partial charge >= 0.3 is 5.97 Å². The Bertz CT molecular complexity index is 618. The lowest BCUT2D eigenvalue weighted by molar-refractivity contribution is -0.145. The smallest absolute Gasteiger partial charge is 0.314 e. The first-order chi connectivity index (χ1) is 9.12. The summed E-state index contributed by atoms with van der Waals surface area (Å²) in [5.74, 6) is 0.173. The van der Waals surface area contributed by atoms with E-state index in [1.54, 1.807) is 0 Å².